The summed E-state index contributed by atoms with van der Waals surface area (Å²) in [5.41, 5.74) is 1.28. The number of benzene rings is 1. The normalized spacial score (nSPS) is 11.5. The molecule has 1 rings (SSSR count). The number of hydrogen-bond acceptors (Lipinski definition) is 4. The molecule has 0 saturated heterocycles. The standard InChI is InChI=1S/C17H25NO3/c1-6-21-16(20)17(3,4)15(19)12-18(5)11-14-10-8-7-9-13(14)2/h7-10H,6,11-12H2,1-5H3. The Kier molecular flexibility index (Phi) is 6.09. The van der Waals surface area contributed by atoms with Crippen LogP contribution in [0.25, 0.3) is 0 Å². The Balaban J connectivity index is 2.66. The number of rotatable bonds is 7. The second kappa shape index (κ2) is 7.36. The molecule has 0 saturated carbocycles. The summed E-state index contributed by atoms with van der Waals surface area (Å²) >= 11 is 0. The van der Waals surface area contributed by atoms with E-state index in [4.69, 9.17) is 4.74 Å². The maximum absolute atomic E-state index is 12.3. The van der Waals surface area contributed by atoms with Crippen molar-refractivity contribution < 1.29 is 14.3 Å². The van der Waals surface area contributed by atoms with Crippen molar-refractivity contribution in [3.63, 3.8) is 0 Å². The predicted octanol–water partition coefficient (Wildman–Crippen LogP) is 2.59. The number of ketones is 1. The number of esters is 1. The van der Waals surface area contributed by atoms with Gasteiger partial charge in [-0.2, -0.15) is 0 Å². The number of carbonyl (C=O) groups excluding carboxylic acids is 2. The molecular formula is C17H25NO3. The van der Waals surface area contributed by atoms with Gasteiger partial charge in [-0.05, 0) is 45.9 Å². The van der Waals surface area contributed by atoms with Crippen molar-refractivity contribution in [3.05, 3.63) is 35.4 Å². The van der Waals surface area contributed by atoms with Crippen LogP contribution in [0.3, 0.4) is 0 Å². The predicted molar refractivity (Wildman–Crippen MR) is 82.9 cm³/mol. The van der Waals surface area contributed by atoms with Crippen LogP contribution in [-0.4, -0.2) is 36.9 Å². The fourth-order valence-electron chi connectivity index (χ4n) is 2.00. The third-order valence-corrected chi connectivity index (χ3v) is 3.60. The van der Waals surface area contributed by atoms with Crippen molar-refractivity contribution in [2.45, 2.75) is 34.2 Å². The summed E-state index contributed by atoms with van der Waals surface area (Å²) < 4.78 is 4.97. The minimum atomic E-state index is -1.10. The molecule has 0 radical (unpaired) electrons. The summed E-state index contributed by atoms with van der Waals surface area (Å²) in [6, 6.07) is 8.08. The van der Waals surface area contributed by atoms with E-state index in [9.17, 15) is 9.59 Å². The molecule has 116 valence electrons. The number of Topliss-reactive ketones (excluding diaryl/α,β-unsaturated/α-hetero) is 1. The van der Waals surface area contributed by atoms with Crippen LogP contribution in [0.5, 0.6) is 0 Å². The maximum Gasteiger partial charge on any atom is 0.319 e. The maximum atomic E-state index is 12.3. The second-order valence-corrected chi connectivity index (χ2v) is 5.87. The molecular weight excluding hydrogens is 266 g/mol. The van der Waals surface area contributed by atoms with Gasteiger partial charge in [-0.1, -0.05) is 24.3 Å². The van der Waals surface area contributed by atoms with Gasteiger partial charge in [0.05, 0.1) is 13.2 Å². The Morgan fingerprint density at radius 3 is 2.43 bits per heavy atom. The zero-order chi connectivity index (χ0) is 16.0. The van der Waals surface area contributed by atoms with Crippen LogP contribution >= 0.6 is 0 Å². The largest absolute Gasteiger partial charge is 0.465 e. The third-order valence-electron chi connectivity index (χ3n) is 3.60. The number of ether oxygens (including phenoxy) is 1. The highest BCUT2D eigenvalue weighted by atomic mass is 16.5. The van der Waals surface area contributed by atoms with E-state index in [1.54, 1.807) is 20.8 Å². The minimum absolute atomic E-state index is 0.128. The summed E-state index contributed by atoms with van der Waals surface area (Å²) in [7, 11) is 1.88. The lowest BCUT2D eigenvalue weighted by Gasteiger charge is -2.24. The molecule has 0 aromatic heterocycles. The fraction of sp³-hybridized carbons (Fsp3) is 0.529. The quantitative estimate of drug-likeness (QED) is 0.572. The molecule has 1 aromatic carbocycles. The van der Waals surface area contributed by atoms with E-state index in [0.717, 1.165) is 0 Å². The molecule has 0 unspecified atom stereocenters. The fourth-order valence-corrected chi connectivity index (χ4v) is 2.00. The Morgan fingerprint density at radius 2 is 1.86 bits per heavy atom. The first-order chi connectivity index (χ1) is 9.78. The van der Waals surface area contributed by atoms with Crippen LogP contribution in [0.1, 0.15) is 31.9 Å². The van der Waals surface area contributed by atoms with E-state index in [-0.39, 0.29) is 18.9 Å². The van der Waals surface area contributed by atoms with E-state index in [2.05, 4.69) is 0 Å². The average Bonchev–Trinajstić information content (AvgIpc) is 2.41. The zero-order valence-electron chi connectivity index (χ0n) is 13.6. The first-order valence-electron chi connectivity index (χ1n) is 7.22. The first-order valence-corrected chi connectivity index (χ1v) is 7.22. The zero-order valence-corrected chi connectivity index (χ0v) is 13.6. The minimum Gasteiger partial charge on any atom is -0.465 e. The number of nitrogens with zero attached hydrogens (tertiary/aromatic N) is 1. The van der Waals surface area contributed by atoms with E-state index >= 15 is 0 Å². The van der Waals surface area contributed by atoms with Crippen molar-refractivity contribution in [1.29, 1.82) is 0 Å². The van der Waals surface area contributed by atoms with Gasteiger partial charge >= 0.3 is 5.97 Å². The Bertz CT molecular complexity index is 509. The second-order valence-electron chi connectivity index (χ2n) is 5.87. The van der Waals surface area contributed by atoms with Crippen LogP contribution in [-0.2, 0) is 20.9 Å². The highest BCUT2D eigenvalue weighted by Crippen LogP contribution is 2.20. The van der Waals surface area contributed by atoms with Gasteiger partial charge < -0.3 is 4.74 Å². The lowest BCUT2D eigenvalue weighted by atomic mass is 9.88. The summed E-state index contributed by atoms with van der Waals surface area (Å²) in [6.07, 6.45) is 0. The molecule has 0 heterocycles. The molecule has 0 amide bonds. The molecule has 0 aliphatic carbocycles. The average molecular weight is 291 g/mol. The van der Waals surface area contributed by atoms with Crippen LogP contribution in [0.2, 0.25) is 0 Å². The van der Waals surface area contributed by atoms with Gasteiger partial charge in [0, 0.05) is 6.54 Å². The molecule has 0 aliphatic heterocycles. The van der Waals surface area contributed by atoms with Gasteiger partial charge in [-0.25, -0.2) is 0 Å². The van der Waals surface area contributed by atoms with Crippen molar-refractivity contribution >= 4 is 11.8 Å². The van der Waals surface area contributed by atoms with Crippen molar-refractivity contribution in [2.75, 3.05) is 20.2 Å². The molecule has 4 heteroatoms. The molecule has 0 bridgehead atoms. The van der Waals surface area contributed by atoms with Crippen LogP contribution in [0, 0.1) is 12.3 Å². The van der Waals surface area contributed by atoms with Crippen molar-refractivity contribution in [3.8, 4) is 0 Å². The van der Waals surface area contributed by atoms with E-state index in [0.29, 0.717) is 6.54 Å². The lowest BCUT2D eigenvalue weighted by Crippen LogP contribution is -2.41. The summed E-state index contributed by atoms with van der Waals surface area (Å²) in [6.45, 7) is 8.21. The van der Waals surface area contributed by atoms with Crippen LogP contribution in [0.15, 0.2) is 24.3 Å². The molecule has 0 spiro atoms. The van der Waals surface area contributed by atoms with Gasteiger partial charge in [-0.15, -0.1) is 0 Å². The third kappa shape index (κ3) is 4.67. The smallest absolute Gasteiger partial charge is 0.319 e. The van der Waals surface area contributed by atoms with Crippen molar-refractivity contribution in [2.24, 2.45) is 5.41 Å². The Hall–Kier alpha value is -1.68. The lowest BCUT2D eigenvalue weighted by molar-refractivity contribution is -0.158. The monoisotopic (exact) mass is 291 g/mol. The molecule has 0 aliphatic rings. The molecule has 0 fully saturated rings. The van der Waals surface area contributed by atoms with Gasteiger partial charge in [0.15, 0.2) is 5.78 Å². The van der Waals surface area contributed by atoms with Gasteiger partial charge in [-0.3, -0.25) is 14.5 Å². The summed E-state index contributed by atoms with van der Waals surface area (Å²) in [5, 5.41) is 0. The molecule has 0 N–H and O–H groups in total. The van der Waals surface area contributed by atoms with Crippen molar-refractivity contribution in [1.82, 2.24) is 4.90 Å². The number of likely N-dealkylation sites (N-methyl/N-ethyl adjacent to an activating group) is 1. The Morgan fingerprint density at radius 1 is 1.24 bits per heavy atom. The molecule has 1 aromatic rings. The van der Waals surface area contributed by atoms with Gasteiger partial charge in [0.25, 0.3) is 0 Å². The van der Waals surface area contributed by atoms with E-state index in [1.807, 2.05) is 43.1 Å². The SMILES string of the molecule is CCOC(=O)C(C)(C)C(=O)CN(C)Cc1ccccc1C. The summed E-state index contributed by atoms with van der Waals surface area (Å²) in [5.74, 6) is -0.587. The van der Waals surface area contributed by atoms with Gasteiger partial charge in [0.1, 0.15) is 5.41 Å². The highest BCUT2D eigenvalue weighted by Gasteiger charge is 2.37. The van der Waals surface area contributed by atoms with E-state index < -0.39 is 11.4 Å². The van der Waals surface area contributed by atoms with Gasteiger partial charge in [0.2, 0.25) is 0 Å². The van der Waals surface area contributed by atoms with E-state index in [1.165, 1.54) is 11.1 Å². The topological polar surface area (TPSA) is 46.6 Å². The number of aryl methyl sites for hydroxylation is 1. The molecule has 4 nitrogen and oxygen atoms in total. The number of carbonyl (C=O) groups is 2. The molecule has 21 heavy (non-hydrogen) atoms. The van der Waals surface area contributed by atoms with Crippen LogP contribution < -0.4 is 0 Å². The Labute approximate surface area is 127 Å². The highest BCUT2D eigenvalue weighted by molar-refractivity contribution is 6.03. The number of hydrogen-bond donors (Lipinski definition) is 0. The summed E-state index contributed by atoms with van der Waals surface area (Å²) in [4.78, 5) is 26.1. The first kappa shape index (κ1) is 17.4. The van der Waals surface area contributed by atoms with Crippen LogP contribution in [0.4, 0.5) is 0 Å². The molecule has 0 atom stereocenters.